The second kappa shape index (κ2) is 7.54. The Hall–Kier alpha value is -1.92. The number of hydrogen-bond donors (Lipinski definition) is 1. The van der Waals surface area contributed by atoms with Crippen LogP contribution in [0, 0.1) is 6.92 Å². The summed E-state index contributed by atoms with van der Waals surface area (Å²) in [5, 5.41) is 3.34. The van der Waals surface area contributed by atoms with E-state index in [-0.39, 0.29) is 6.04 Å². The number of aromatic nitrogens is 1. The largest absolute Gasteiger partial charge is 0.416 e. The molecule has 134 valence electrons. The van der Waals surface area contributed by atoms with Crippen LogP contribution in [-0.4, -0.2) is 36.1 Å². The third-order valence-corrected chi connectivity index (χ3v) is 4.46. The Bertz CT molecular complexity index is 707. The molecule has 0 saturated carbocycles. The zero-order chi connectivity index (χ0) is 17.9. The molecule has 1 N–H and O–H groups in total. The first-order valence-electron chi connectivity index (χ1n) is 8.50. The van der Waals surface area contributed by atoms with Gasteiger partial charge < -0.3 is 5.32 Å². The van der Waals surface area contributed by atoms with E-state index in [0.717, 1.165) is 50.1 Å². The quantitative estimate of drug-likeness (QED) is 0.914. The summed E-state index contributed by atoms with van der Waals surface area (Å²) in [4.78, 5) is 6.82. The van der Waals surface area contributed by atoms with Crippen LogP contribution < -0.4 is 5.32 Å². The van der Waals surface area contributed by atoms with E-state index in [1.807, 2.05) is 25.1 Å². The van der Waals surface area contributed by atoms with E-state index in [1.54, 1.807) is 6.07 Å². The fourth-order valence-electron chi connectivity index (χ4n) is 3.29. The van der Waals surface area contributed by atoms with Gasteiger partial charge in [0.1, 0.15) is 0 Å². The van der Waals surface area contributed by atoms with Gasteiger partial charge in [-0.05, 0) is 49.7 Å². The molecule has 0 spiro atoms. The van der Waals surface area contributed by atoms with Gasteiger partial charge in [-0.15, -0.1) is 0 Å². The van der Waals surface area contributed by atoms with Gasteiger partial charge in [0.2, 0.25) is 0 Å². The molecule has 1 saturated heterocycles. The van der Waals surface area contributed by atoms with Crippen molar-refractivity contribution in [1.82, 2.24) is 15.2 Å². The summed E-state index contributed by atoms with van der Waals surface area (Å²) in [5.74, 6) is 0. The molecule has 25 heavy (non-hydrogen) atoms. The molecule has 3 rings (SSSR count). The fourth-order valence-corrected chi connectivity index (χ4v) is 3.29. The second-order valence-electron chi connectivity index (χ2n) is 6.37. The summed E-state index contributed by atoms with van der Waals surface area (Å²) in [5.41, 5.74) is 1.68. The summed E-state index contributed by atoms with van der Waals surface area (Å²) in [6, 6.07) is 11.1. The zero-order valence-corrected chi connectivity index (χ0v) is 14.2. The van der Waals surface area contributed by atoms with Crippen LogP contribution in [0.4, 0.5) is 13.2 Å². The Morgan fingerprint density at radius 1 is 1.08 bits per heavy atom. The molecule has 1 aliphatic heterocycles. The van der Waals surface area contributed by atoms with Crippen LogP contribution in [0.2, 0.25) is 0 Å². The van der Waals surface area contributed by atoms with E-state index < -0.39 is 11.7 Å². The van der Waals surface area contributed by atoms with Crippen LogP contribution >= 0.6 is 0 Å². The highest BCUT2D eigenvalue weighted by Gasteiger charge is 2.32. The van der Waals surface area contributed by atoms with Crippen molar-refractivity contribution >= 4 is 0 Å². The summed E-state index contributed by atoms with van der Waals surface area (Å²) < 4.78 is 39.5. The highest BCUT2D eigenvalue weighted by atomic mass is 19.4. The number of rotatable bonds is 3. The minimum Gasteiger partial charge on any atom is -0.315 e. The van der Waals surface area contributed by atoms with Gasteiger partial charge in [0.25, 0.3) is 0 Å². The van der Waals surface area contributed by atoms with Crippen LogP contribution in [0.25, 0.3) is 0 Å². The normalized spacial score (nSPS) is 17.9. The number of hydrogen-bond acceptors (Lipinski definition) is 3. The topological polar surface area (TPSA) is 28.2 Å². The Morgan fingerprint density at radius 3 is 2.64 bits per heavy atom. The number of nitrogens with zero attached hydrogens (tertiary/aromatic N) is 2. The van der Waals surface area contributed by atoms with Crippen molar-refractivity contribution < 1.29 is 13.2 Å². The molecular formula is C19H22F3N3. The average molecular weight is 349 g/mol. The molecular weight excluding hydrogens is 327 g/mol. The predicted octanol–water partition coefficient (Wildman–Crippen LogP) is 3.79. The molecule has 1 fully saturated rings. The van der Waals surface area contributed by atoms with Crippen molar-refractivity contribution in [3.05, 3.63) is 65.0 Å². The monoisotopic (exact) mass is 349 g/mol. The first kappa shape index (κ1) is 17.9. The fraction of sp³-hybridized carbons (Fsp3) is 0.421. The lowest BCUT2D eigenvalue weighted by atomic mass is 9.98. The van der Waals surface area contributed by atoms with Crippen molar-refractivity contribution in [3.63, 3.8) is 0 Å². The van der Waals surface area contributed by atoms with Gasteiger partial charge in [-0.25, -0.2) is 0 Å². The Labute approximate surface area is 145 Å². The van der Waals surface area contributed by atoms with Crippen molar-refractivity contribution in [2.45, 2.75) is 25.6 Å². The molecule has 1 unspecified atom stereocenters. The number of nitrogens with one attached hydrogen (secondary N) is 1. The minimum absolute atomic E-state index is 0.276. The maximum atomic E-state index is 13.2. The number of alkyl halides is 3. The molecule has 0 aliphatic carbocycles. The lowest BCUT2D eigenvalue weighted by Gasteiger charge is -2.31. The van der Waals surface area contributed by atoms with Crippen molar-refractivity contribution in [1.29, 1.82) is 0 Å². The molecule has 1 atom stereocenters. The highest BCUT2D eigenvalue weighted by Crippen LogP contribution is 2.34. The smallest absolute Gasteiger partial charge is 0.315 e. The van der Waals surface area contributed by atoms with Crippen LogP contribution in [0.1, 0.15) is 35.0 Å². The van der Waals surface area contributed by atoms with E-state index in [0.29, 0.717) is 5.56 Å². The summed E-state index contributed by atoms with van der Waals surface area (Å²) in [7, 11) is 0. The van der Waals surface area contributed by atoms with Crippen LogP contribution in [0.3, 0.4) is 0 Å². The van der Waals surface area contributed by atoms with Crippen molar-refractivity contribution in [2.75, 3.05) is 26.2 Å². The molecule has 1 aromatic heterocycles. The van der Waals surface area contributed by atoms with Crippen LogP contribution in [0.15, 0.2) is 42.5 Å². The Balaban J connectivity index is 2.04. The van der Waals surface area contributed by atoms with Gasteiger partial charge in [-0.1, -0.05) is 18.2 Å². The second-order valence-corrected chi connectivity index (χ2v) is 6.37. The van der Waals surface area contributed by atoms with Gasteiger partial charge in [0, 0.05) is 25.3 Å². The van der Waals surface area contributed by atoms with Crippen molar-refractivity contribution in [3.8, 4) is 0 Å². The third-order valence-electron chi connectivity index (χ3n) is 4.46. The molecule has 6 heteroatoms. The standard InChI is InChI=1S/C19H22F3N3/c1-14-5-2-8-17(24-14)18(25-11-4-9-23-10-12-25)15-6-3-7-16(13-15)19(20,21)22/h2-3,5-8,13,18,23H,4,9-12H2,1H3. The predicted molar refractivity (Wildman–Crippen MR) is 91.3 cm³/mol. The number of pyridine rings is 1. The van der Waals surface area contributed by atoms with E-state index in [4.69, 9.17) is 0 Å². The first-order valence-corrected chi connectivity index (χ1v) is 8.50. The van der Waals surface area contributed by atoms with Gasteiger partial charge >= 0.3 is 6.18 Å². The van der Waals surface area contributed by atoms with Gasteiger partial charge in [-0.2, -0.15) is 13.2 Å². The maximum Gasteiger partial charge on any atom is 0.416 e. The molecule has 2 heterocycles. The molecule has 1 aliphatic rings. The SMILES string of the molecule is Cc1cccc(C(c2cccc(C(F)(F)F)c2)N2CCCNCC2)n1. The summed E-state index contributed by atoms with van der Waals surface area (Å²) >= 11 is 0. The zero-order valence-electron chi connectivity index (χ0n) is 14.2. The lowest BCUT2D eigenvalue weighted by molar-refractivity contribution is -0.137. The van der Waals surface area contributed by atoms with Gasteiger partial charge in [0.15, 0.2) is 0 Å². The number of aryl methyl sites for hydroxylation is 1. The lowest BCUT2D eigenvalue weighted by Crippen LogP contribution is -2.33. The molecule has 0 bridgehead atoms. The maximum absolute atomic E-state index is 13.2. The molecule has 0 amide bonds. The van der Waals surface area contributed by atoms with Gasteiger partial charge in [-0.3, -0.25) is 9.88 Å². The van der Waals surface area contributed by atoms with E-state index in [1.165, 1.54) is 12.1 Å². The molecule has 3 nitrogen and oxygen atoms in total. The van der Waals surface area contributed by atoms with Crippen LogP contribution in [-0.2, 0) is 6.18 Å². The Kier molecular flexibility index (Phi) is 5.39. The third kappa shape index (κ3) is 4.38. The minimum atomic E-state index is -4.35. The van der Waals surface area contributed by atoms with Crippen molar-refractivity contribution in [2.24, 2.45) is 0 Å². The summed E-state index contributed by atoms with van der Waals surface area (Å²) in [6.07, 6.45) is -3.39. The van der Waals surface area contributed by atoms with Gasteiger partial charge in [0.05, 0.1) is 17.3 Å². The average Bonchev–Trinajstić information content (AvgIpc) is 2.84. The van der Waals surface area contributed by atoms with E-state index in [9.17, 15) is 13.2 Å². The highest BCUT2D eigenvalue weighted by molar-refractivity contribution is 5.33. The first-order chi connectivity index (χ1) is 11.9. The summed E-state index contributed by atoms with van der Waals surface area (Å²) in [6.45, 7) is 5.24. The number of halogens is 3. The molecule has 0 radical (unpaired) electrons. The van der Waals surface area contributed by atoms with E-state index >= 15 is 0 Å². The van der Waals surface area contributed by atoms with Crippen LogP contribution in [0.5, 0.6) is 0 Å². The number of benzene rings is 1. The van der Waals surface area contributed by atoms with E-state index in [2.05, 4.69) is 15.2 Å². The Morgan fingerprint density at radius 2 is 1.88 bits per heavy atom. The molecule has 1 aromatic carbocycles. The molecule has 2 aromatic rings.